The van der Waals surface area contributed by atoms with Gasteiger partial charge in [0.1, 0.15) is 28.7 Å². The second-order valence-corrected chi connectivity index (χ2v) is 8.80. The van der Waals surface area contributed by atoms with Crippen LogP contribution in [0.5, 0.6) is 11.5 Å². The summed E-state index contributed by atoms with van der Waals surface area (Å²) in [5, 5.41) is 18.3. The van der Waals surface area contributed by atoms with Crippen LogP contribution in [-0.2, 0) is 6.54 Å². The van der Waals surface area contributed by atoms with Crippen molar-refractivity contribution in [1.82, 2.24) is 15.1 Å². The van der Waals surface area contributed by atoms with Crippen LogP contribution in [0.3, 0.4) is 0 Å². The van der Waals surface area contributed by atoms with Crippen LogP contribution >= 0.6 is 0 Å². The number of H-pyrrole nitrogens is 1. The van der Waals surface area contributed by atoms with Crippen LogP contribution in [0.1, 0.15) is 51.3 Å². The van der Waals surface area contributed by atoms with Gasteiger partial charge in [-0.05, 0) is 73.4 Å². The van der Waals surface area contributed by atoms with E-state index < -0.39 is 6.04 Å². The van der Waals surface area contributed by atoms with Crippen molar-refractivity contribution in [3.63, 3.8) is 0 Å². The van der Waals surface area contributed by atoms with E-state index in [4.69, 9.17) is 4.74 Å². The minimum absolute atomic E-state index is 0.139. The largest absolute Gasteiger partial charge is 0.507 e. The molecule has 0 radical (unpaired) electrons. The van der Waals surface area contributed by atoms with Crippen LogP contribution in [-0.4, -0.2) is 32.7 Å². The van der Waals surface area contributed by atoms with Crippen LogP contribution < -0.4 is 4.74 Å². The van der Waals surface area contributed by atoms with Crippen LogP contribution in [0.25, 0.3) is 11.3 Å². The number of carbonyl (C=O) groups excluding carboxylic acids is 1. The third kappa shape index (κ3) is 4.03. The van der Waals surface area contributed by atoms with Gasteiger partial charge in [0.15, 0.2) is 0 Å². The summed E-state index contributed by atoms with van der Waals surface area (Å²) in [6.45, 7) is 6.57. The molecular weight excluding hydrogens is 445 g/mol. The lowest BCUT2D eigenvalue weighted by atomic mass is 9.94. The van der Waals surface area contributed by atoms with Gasteiger partial charge < -0.3 is 14.7 Å². The first-order valence-corrected chi connectivity index (χ1v) is 11.5. The highest BCUT2D eigenvalue weighted by Crippen LogP contribution is 2.46. The van der Waals surface area contributed by atoms with E-state index in [1.54, 1.807) is 17.0 Å². The van der Waals surface area contributed by atoms with Crippen molar-refractivity contribution in [2.24, 2.45) is 0 Å². The van der Waals surface area contributed by atoms with Crippen LogP contribution in [0.15, 0.2) is 60.7 Å². The molecule has 1 aliphatic heterocycles. The first kappa shape index (κ1) is 22.7. The highest BCUT2D eigenvalue weighted by molar-refractivity contribution is 6.00. The first-order chi connectivity index (χ1) is 16.9. The molecule has 1 unspecified atom stereocenters. The summed E-state index contributed by atoms with van der Waals surface area (Å²) >= 11 is 0. The lowest BCUT2D eigenvalue weighted by molar-refractivity contribution is 0.0730. The molecule has 6 nitrogen and oxygen atoms in total. The van der Waals surface area contributed by atoms with E-state index in [0.717, 1.165) is 28.0 Å². The van der Waals surface area contributed by atoms with Crippen molar-refractivity contribution >= 4 is 5.91 Å². The maximum Gasteiger partial charge on any atom is 0.273 e. The number of aromatic nitrogens is 2. The van der Waals surface area contributed by atoms with Crippen molar-refractivity contribution in [2.45, 2.75) is 33.4 Å². The van der Waals surface area contributed by atoms with Gasteiger partial charge in [0, 0.05) is 17.7 Å². The molecule has 0 saturated carbocycles. The number of aromatic hydroxyl groups is 1. The van der Waals surface area contributed by atoms with Gasteiger partial charge in [0.25, 0.3) is 5.91 Å². The van der Waals surface area contributed by atoms with Crippen LogP contribution in [0, 0.1) is 19.7 Å². The van der Waals surface area contributed by atoms with Crippen molar-refractivity contribution in [3.05, 3.63) is 100.0 Å². The predicted molar refractivity (Wildman–Crippen MR) is 131 cm³/mol. The van der Waals surface area contributed by atoms with E-state index in [2.05, 4.69) is 10.2 Å². The molecule has 1 aromatic heterocycles. The number of hydrogen-bond donors (Lipinski definition) is 2. The van der Waals surface area contributed by atoms with E-state index in [0.29, 0.717) is 29.1 Å². The molecule has 178 valence electrons. The Morgan fingerprint density at radius 2 is 1.80 bits per heavy atom. The van der Waals surface area contributed by atoms with Gasteiger partial charge in [-0.25, -0.2) is 4.39 Å². The van der Waals surface area contributed by atoms with Crippen molar-refractivity contribution in [2.75, 3.05) is 6.61 Å². The third-order valence-electron chi connectivity index (χ3n) is 6.34. The van der Waals surface area contributed by atoms with Crippen LogP contribution in [0.2, 0.25) is 0 Å². The molecule has 35 heavy (non-hydrogen) atoms. The quantitative estimate of drug-likeness (QED) is 0.379. The summed E-state index contributed by atoms with van der Waals surface area (Å²) in [6.07, 6.45) is 0. The number of halogens is 1. The van der Waals surface area contributed by atoms with Crippen molar-refractivity contribution in [3.8, 4) is 22.8 Å². The summed E-state index contributed by atoms with van der Waals surface area (Å²) in [4.78, 5) is 15.3. The predicted octanol–water partition coefficient (Wildman–Crippen LogP) is 5.68. The lowest BCUT2D eigenvalue weighted by Crippen LogP contribution is -2.29. The van der Waals surface area contributed by atoms with Crippen molar-refractivity contribution in [1.29, 1.82) is 0 Å². The van der Waals surface area contributed by atoms with Gasteiger partial charge in [-0.1, -0.05) is 30.3 Å². The minimum Gasteiger partial charge on any atom is -0.507 e. The summed E-state index contributed by atoms with van der Waals surface area (Å²) < 4.78 is 19.1. The zero-order valence-electron chi connectivity index (χ0n) is 19.8. The number of nitrogens with zero attached hydrogens (tertiary/aromatic N) is 2. The fourth-order valence-electron chi connectivity index (χ4n) is 4.75. The Bertz CT molecular complexity index is 1390. The number of aromatic amines is 1. The Morgan fingerprint density at radius 3 is 2.49 bits per heavy atom. The maximum absolute atomic E-state index is 13.6. The summed E-state index contributed by atoms with van der Waals surface area (Å²) in [6, 6.07) is 17.1. The van der Waals surface area contributed by atoms with E-state index in [1.165, 1.54) is 12.1 Å². The number of ether oxygens (including phenoxy) is 1. The lowest BCUT2D eigenvalue weighted by Gasteiger charge is -2.27. The second-order valence-electron chi connectivity index (χ2n) is 8.80. The molecule has 0 aliphatic carbocycles. The minimum atomic E-state index is -0.452. The number of aryl methyl sites for hydroxylation is 2. The standard InChI is InChI=1S/C28H26FN3O3/c1-4-35-21-11-7-19(8-12-21)26-23-24(22-14-16(2)13-17(3)27(22)33)30-31-25(23)28(34)32(26)15-18-5-9-20(29)10-6-18/h5-14,26,33H,4,15H2,1-3H3,(H,30,31). The average Bonchev–Trinajstić information content (AvgIpc) is 3.38. The molecule has 2 N–H and O–H groups in total. The molecule has 4 aromatic rings. The molecular formula is C28H26FN3O3. The number of rotatable bonds is 6. The number of carbonyl (C=O) groups is 1. The normalized spacial score (nSPS) is 14.9. The molecule has 0 saturated heterocycles. The molecule has 1 aliphatic rings. The van der Waals surface area contributed by atoms with Gasteiger partial charge in [-0.3, -0.25) is 9.89 Å². The molecule has 5 rings (SSSR count). The molecule has 7 heteroatoms. The van der Waals surface area contributed by atoms with E-state index in [9.17, 15) is 14.3 Å². The number of phenolic OH excluding ortho intramolecular Hbond substituents is 1. The SMILES string of the molecule is CCOc1ccc(C2c3c(-c4cc(C)cc(C)c4O)n[nH]c3C(=O)N2Cc2ccc(F)cc2)cc1. The highest BCUT2D eigenvalue weighted by atomic mass is 19.1. The number of hydrogen-bond acceptors (Lipinski definition) is 4. The van der Waals surface area contributed by atoms with Crippen LogP contribution in [0.4, 0.5) is 4.39 Å². The summed E-state index contributed by atoms with van der Waals surface area (Å²) in [5.74, 6) is 0.349. The number of nitrogens with one attached hydrogen (secondary N) is 1. The van der Waals surface area contributed by atoms with Crippen molar-refractivity contribution < 1.29 is 19.0 Å². The van der Waals surface area contributed by atoms with Gasteiger partial charge in [-0.2, -0.15) is 5.10 Å². The van der Waals surface area contributed by atoms with E-state index in [-0.39, 0.29) is 24.0 Å². The Balaban J connectivity index is 1.65. The fourth-order valence-corrected chi connectivity index (χ4v) is 4.75. The van der Waals surface area contributed by atoms with Gasteiger partial charge in [-0.15, -0.1) is 0 Å². The van der Waals surface area contributed by atoms with E-state index in [1.807, 2.05) is 57.2 Å². The highest BCUT2D eigenvalue weighted by Gasteiger charge is 2.42. The monoisotopic (exact) mass is 471 g/mol. The number of benzene rings is 3. The molecule has 3 aromatic carbocycles. The number of fused-ring (bicyclic) bond motifs is 1. The molecule has 1 atom stereocenters. The Hall–Kier alpha value is -4.13. The molecule has 1 amide bonds. The summed E-state index contributed by atoms with van der Waals surface area (Å²) in [5.41, 5.74) is 5.63. The second kappa shape index (κ2) is 8.91. The summed E-state index contributed by atoms with van der Waals surface area (Å²) in [7, 11) is 0. The maximum atomic E-state index is 13.6. The van der Waals surface area contributed by atoms with E-state index >= 15 is 0 Å². The zero-order chi connectivity index (χ0) is 24.7. The average molecular weight is 472 g/mol. The zero-order valence-corrected chi connectivity index (χ0v) is 19.8. The first-order valence-electron chi connectivity index (χ1n) is 11.5. The number of phenols is 1. The molecule has 0 spiro atoms. The molecule has 0 bridgehead atoms. The Kier molecular flexibility index (Phi) is 5.76. The molecule has 2 heterocycles. The molecule has 0 fully saturated rings. The Morgan fingerprint density at radius 1 is 1.09 bits per heavy atom. The Labute approximate surface area is 203 Å². The fraction of sp³-hybridized carbons (Fsp3) is 0.214. The van der Waals surface area contributed by atoms with Gasteiger partial charge >= 0.3 is 0 Å². The van der Waals surface area contributed by atoms with Gasteiger partial charge in [0.2, 0.25) is 0 Å². The smallest absolute Gasteiger partial charge is 0.273 e. The number of amides is 1. The van der Waals surface area contributed by atoms with Gasteiger partial charge in [0.05, 0.1) is 12.6 Å². The topological polar surface area (TPSA) is 78.5 Å². The third-order valence-corrected chi connectivity index (χ3v) is 6.34.